The van der Waals surface area contributed by atoms with Gasteiger partial charge in [0.1, 0.15) is 17.7 Å². The number of benzene rings is 1. The van der Waals surface area contributed by atoms with Gasteiger partial charge >= 0.3 is 0 Å². The van der Waals surface area contributed by atoms with Gasteiger partial charge in [0.25, 0.3) is 5.91 Å². The van der Waals surface area contributed by atoms with Crippen molar-refractivity contribution in [2.75, 3.05) is 16.5 Å². The van der Waals surface area contributed by atoms with Crippen LogP contribution in [0.2, 0.25) is 10.0 Å². The van der Waals surface area contributed by atoms with Gasteiger partial charge in [-0.3, -0.25) is 20.6 Å². The molecule has 1 amide bonds. The number of nitrogens with one attached hydrogen (secondary N) is 3. The molecule has 132 valence electrons. The normalized spacial score (nSPS) is 10.2. The van der Waals surface area contributed by atoms with E-state index in [9.17, 15) is 4.79 Å². The zero-order valence-electron chi connectivity index (χ0n) is 13.2. The molecule has 1 aromatic carbocycles. The molecule has 26 heavy (non-hydrogen) atoms. The smallest absolute Gasteiger partial charge is 0.288 e. The van der Waals surface area contributed by atoms with Gasteiger partial charge in [0, 0.05) is 11.9 Å². The Morgan fingerprint density at radius 2 is 1.81 bits per heavy atom. The van der Waals surface area contributed by atoms with Crippen molar-refractivity contribution in [3.05, 3.63) is 64.7 Å². The van der Waals surface area contributed by atoms with E-state index in [2.05, 4.69) is 31.1 Å². The van der Waals surface area contributed by atoms with Crippen LogP contribution in [0, 0.1) is 0 Å². The number of carbonyl (C=O) groups excluding carboxylic acids is 1. The Balaban J connectivity index is 1.72. The number of hydrazine groups is 1. The molecule has 0 bridgehead atoms. The lowest BCUT2D eigenvalue weighted by Crippen LogP contribution is -2.31. The minimum atomic E-state index is -0.428. The summed E-state index contributed by atoms with van der Waals surface area (Å²) < 4.78 is 0. The quantitative estimate of drug-likeness (QED) is 0.494. The van der Waals surface area contributed by atoms with Crippen molar-refractivity contribution in [1.82, 2.24) is 20.4 Å². The third-order valence-corrected chi connectivity index (χ3v) is 4.00. The molecule has 2 heterocycles. The van der Waals surface area contributed by atoms with Crippen molar-refractivity contribution >= 4 is 52.1 Å². The number of rotatable bonds is 5. The number of nitrogens with two attached hydrogens (primary N) is 1. The van der Waals surface area contributed by atoms with Crippen molar-refractivity contribution in [2.24, 2.45) is 0 Å². The summed E-state index contributed by atoms with van der Waals surface area (Å²) >= 11 is 11.9. The summed E-state index contributed by atoms with van der Waals surface area (Å²) in [6.07, 6.45) is 2.82. The van der Waals surface area contributed by atoms with E-state index < -0.39 is 5.91 Å². The zero-order valence-corrected chi connectivity index (χ0v) is 14.7. The minimum absolute atomic E-state index is 0.208. The van der Waals surface area contributed by atoms with Crippen LogP contribution in [0.25, 0.3) is 0 Å². The number of carbonyl (C=O) groups is 1. The van der Waals surface area contributed by atoms with Gasteiger partial charge in [-0.2, -0.15) is 0 Å². The van der Waals surface area contributed by atoms with Crippen molar-refractivity contribution in [3.8, 4) is 0 Å². The fraction of sp³-hybridized carbons (Fsp3) is 0. The fourth-order valence-corrected chi connectivity index (χ4v) is 2.28. The predicted octanol–water partition coefficient (Wildman–Crippen LogP) is 3.26. The van der Waals surface area contributed by atoms with Crippen molar-refractivity contribution in [2.45, 2.75) is 0 Å². The second-order valence-electron chi connectivity index (χ2n) is 5.03. The Kier molecular flexibility index (Phi) is 5.35. The monoisotopic (exact) mass is 389 g/mol. The Morgan fingerprint density at radius 1 is 1.00 bits per heavy atom. The van der Waals surface area contributed by atoms with Crippen LogP contribution in [-0.2, 0) is 0 Å². The van der Waals surface area contributed by atoms with Crippen LogP contribution in [0.5, 0.6) is 0 Å². The Bertz CT molecular complexity index is 937. The molecular formula is C16H13Cl2N7O. The third-order valence-electron chi connectivity index (χ3n) is 3.26. The van der Waals surface area contributed by atoms with E-state index in [0.29, 0.717) is 21.6 Å². The summed E-state index contributed by atoms with van der Waals surface area (Å²) in [5.74, 6) is 0.141. The standard InChI is InChI=1S/C16H13Cl2N7O/c17-10-5-4-9(7-11(10)18)23-14-13(19)15(22-8-21-14)24-25-16(26)12-3-1-2-6-20-12/h1-8H,19H2,(H,25,26)(H2,21,22,23,24). The summed E-state index contributed by atoms with van der Waals surface area (Å²) in [7, 11) is 0. The van der Waals surface area contributed by atoms with E-state index >= 15 is 0 Å². The van der Waals surface area contributed by atoms with Crippen molar-refractivity contribution in [3.63, 3.8) is 0 Å². The summed E-state index contributed by atoms with van der Waals surface area (Å²) in [6.45, 7) is 0. The van der Waals surface area contributed by atoms with Crippen LogP contribution in [0.15, 0.2) is 48.9 Å². The summed E-state index contributed by atoms with van der Waals surface area (Å²) in [5, 5.41) is 3.85. The molecule has 0 saturated heterocycles. The number of halogens is 2. The molecule has 0 aliphatic carbocycles. The average Bonchev–Trinajstić information content (AvgIpc) is 2.66. The highest BCUT2D eigenvalue weighted by Crippen LogP contribution is 2.29. The van der Waals surface area contributed by atoms with E-state index in [4.69, 9.17) is 28.9 Å². The van der Waals surface area contributed by atoms with Gasteiger partial charge in [-0.05, 0) is 30.3 Å². The van der Waals surface area contributed by atoms with Crippen molar-refractivity contribution < 1.29 is 4.79 Å². The predicted molar refractivity (Wildman–Crippen MR) is 102 cm³/mol. The van der Waals surface area contributed by atoms with Gasteiger partial charge in [0.15, 0.2) is 11.6 Å². The molecule has 0 spiro atoms. The second-order valence-corrected chi connectivity index (χ2v) is 5.85. The molecule has 10 heteroatoms. The summed E-state index contributed by atoms with van der Waals surface area (Å²) in [4.78, 5) is 24.1. The maximum Gasteiger partial charge on any atom is 0.288 e. The van der Waals surface area contributed by atoms with Gasteiger partial charge in [0.2, 0.25) is 0 Å². The van der Waals surface area contributed by atoms with Gasteiger partial charge in [-0.25, -0.2) is 9.97 Å². The first-order valence-corrected chi connectivity index (χ1v) is 8.10. The molecular weight excluding hydrogens is 377 g/mol. The molecule has 2 aromatic heterocycles. The molecule has 8 nitrogen and oxygen atoms in total. The molecule has 3 rings (SSSR count). The Labute approximate surface area is 158 Å². The summed E-state index contributed by atoms with van der Waals surface area (Å²) in [6, 6.07) is 10.0. The minimum Gasteiger partial charge on any atom is -0.393 e. The number of hydrogen-bond donors (Lipinski definition) is 4. The van der Waals surface area contributed by atoms with E-state index in [0.717, 1.165) is 0 Å². The third kappa shape index (κ3) is 4.11. The number of amides is 1. The zero-order chi connectivity index (χ0) is 18.5. The lowest BCUT2D eigenvalue weighted by atomic mass is 10.3. The molecule has 0 aliphatic heterocycles. The van der Waals surface area contributed by atoms with E-state index in [1.165, 1.54) is 12.5 Å². The molecule has 0 unspecified atom stereocenters. The largest absolute Gasteiger partial charge is 0.393 e. The summed E-state index contributed by atoms with van der Waals surface area (Å²) in [5.41, 5.74) is 12.3. The molecule has 0 saturated carbocycles. The number of anilines is 4. The fourth-order valence-electron chi connectivity index (χ4n) is 1.98. The number of nitrogens with zero attached hydrogens (tertiary/aromatic N) is 3. The van der Waals surface area contributed by atoms with Gasteiger partial charge in [0.05, 0.1) is 10.0 Å². The molecule has 0 aliphatic rings. The van der Waals surface area contributed by atoms with E-state index in [1.54, 1.807) is 36.4 Å². The number of aromatic nitrogens is 3. The highest BCUT2D eigenvalue weighted by Gasteiger charge is 2.11. The highest BCUT2D eigenvalue weighted by atomic mass is 35.5. The first kappa shape index (κ1) is 17.7. The first-order chi connectivity index (χ1) is 12.5. The number of nitrogen functional groups attached to an aromatic ring is 1. The van der Waals surface area contributed by atoms with Crippen LogP contribution in [0.1, 0.15) is 10.5 Å². The van der Waals surface area contributed by atoms with Crippen LogP contribution >= 0.6 is 23.2 Å². The highest BCUT2D eigenvalue weighted by molar-refractivity contribution is 6.42. The molecule has 5 N–H and O–H groups in total. The van der Waals surface area contributed by atoms with Gasteiger partial charge in [-0.15, -0.1) is 0 Å². The van der Waals surface area contributed by atoms with Crippen LogP contribution in [0.3, 0.4) is 0 Å². The lowest BCUT2D eigenvalue weighted by molar-refractivity contribution is 0.0957. The van der Waals surface area contributed by atoms with Gasteiger partial charge < -0.3 is 11.1 Å². The lowest BCUT2D eigenvalue weighted by Gasteiger charge is -2.13. The van der Waals surface area contributed by atoms with Crippen molar-refractivity contribution in [1.29, 1.82) is 0 Å². The van der Waals surface area contributed by atoms with Crippen LogP contribution < -0.4 is 21.9 Å². The molecule has 3 aromatic rings. The number of pyridine rings is 1. The molecule has 0 atom stereocenters. The topological polar surface area (TPSA) is 118 Å². The maximum absolute atomic E-state index is 12.0. The second kappa shape index (κ2) is 7.85. The molecule has 0 radical (unpaired) electrons. The van der Waals surface area contributed by atoms with Crippen LogP contribution in [0.4, 0.5) is 23.0 Å². The maximum atomic E-state index is 12.0. The van der Waals surface area contributed by atoms with E-state index in [-0.39, 0.29) is 17.2 Å². The number of hydrogen-bond acceptors (Lipinski definition) is 7. The SMILES string of the molecule is Nc1c(NNC(=O)c2ccccn2)ncnc1Nc1ccc(Cl)c(Cl)c1. The Morgan fingerprint density at radius 3 is 2.54 bits per heavy atom. The molecule has 0 fully saturated rings. The Hall–Kier alpha value is -3.10. The van der Waals surface area contributed by atoms with Crippen LogP contribution in [-0.4, -0.2) is 20.9 Å². The first-order valence-electron chi connectivity index (χ1n) is 7.34. The van der Waals surface area contributed by atoms with E-state index in [1.807, 2.05) is 0 Å². The van der Waals surface area contributed by atoms with Gasteiger partial charge in [-0.1, -0.05) is 29.3 Å². The average molecular weight is 390 g/mol.